The topological polar surface area (TPSA) is 77.6 Å². The number of rotatable bonds is 4. The van der Waals surface area contributed by atoms with Gasteiger partial charge in [-0.05, 0) is 43.4 Å². The highest BCUT2D eigenvalue weighted by atomic mass is 35.5. The zero-order valence-electron chi connectivity index (χ0n) is 18.4. The van der Waals surface area contributed by atoms with E-state index in [0.29, 0.717) is 25.9 Å². The Balaban J connectivity index is 1.25. The molecule has 4 rings (SSSR count). The third-order valence-electron chi connectivity index (χ3n) is 6.18. The molecule has 2 amide bonds. The molecule has 3 heterocycles. The maximum atomic E-state index is 12.8. The van der Waals surface area contributed by atoms with Crippen LogP contribution in [0.2, 0.25) is 5.02 Å². The van der Waals surface area contributed by atoms with E-state index in [1.54, 1.807) is 4.90 Å². The van der Waals surface area contributed by atoms with Gasteiger partial charge >= 0.3 is 6.18 Å². The normalized spacial score (nSPS) is 16.7. The molecule has 7 nitrogen and oxygen atoms in total. The molecule has 0 bridgehead atoms. The number of alkyl halides is 3. The van der Waals surface area contributed by atoms with Crippen LogP contribution in [0.25, 0.3) is 0 Å². The third kappa shape index (κ3) is 5.55. The van der Waals surface area contributed by atoms with E-state index in [4.69, 9.17) is 11.6 Å². The van der Waals surface area contributed by atoms with Gasteiger partial charge in [-0.15, -0.1) is 0 Å². The molecule has 1 aromatic carbocycles. The van der Waals surface area contributed by atoms with Crippen LogP contribution in [0.5, 0.6) is 0 Å². The second-order valence-corrected chi connectivity index (χ2v) is 8.89. The Bertz CT molecular complexity index is 1060. The average molecular weight is 496 g/mol. The Kier molecular flexibility index (Phi) is 7.16. The highest BCUT2D eigenvalue weighted by Gasteiger charge is 2.33. The standard InChI is InChI=1S/C23H25ClF3N5O2/c24-18-12-17(23(25,26)27)13-28-21(18)31-10-7-16(8-11-31)22(34)30-29-20(33)14-32-9-3-5-15-4-1-2-6-19(15)32/h1-2,4,6,12-13,16H,3,5,7-11,14H2,(H,29,33)(H,30,34). The third-order valence-corrected chi connectivity index (χ3v) is 6.46. The molecule has 0 unspecified atom stereocenters. The van der Waals surface area contributed by atoms with Crippen LogP contribution in [-0.4, -0.2) is 43.0 Å². The van der Waals surface area contributed by atoms with E-state index < -0.39 is 11.7 Å². The summed E-state index contributed by atoms with van der Waals surface area (Å²) in [5, 5.41) is -0.0794. The molecule has 34 heavy (non-hydrogen) atoms. The fourth-order valence-electron chi connectivity index (χ4n) is 4.39. The Morgan fingerprint density at radius 1 is 1.12 bits per heavy atom. The van der Waals surface area contributed by atoms with Crippen LogP contribution in [0.1, 0.15) is 30.4 Å². The minimum Gasteiger partial charge on any atom is -0.362 e. The van der Waals surface area contributed by atoms with Crippen molar-refractivity contribution < 1.29 is 22.8 Å². The molecule has 1 fully saturated rings. The largest absolute Gasteiger partial charge is 0.417 e. The molecule has 1 saturated heterocycles. The molecule has 0 aliphatic carbocycles. The Morgan fingerprint density at radius 3 is 2.56 bits per heavy atom. The van der Waals surface area contributed by atoms with Crippen molar-refractivity contribution >= 4 is 34.9 Å². The zero-order valence-corrected chi connectivity index (χ0v) is 19.1. The van der Waals surface area contributed by atoms with Crippen LogP contribution >= 0.6 is 11.6 Å². The summed E-state index contributed by atoms with van der Waals surface area (Å²) in [4.78, 5) is 32.6. The number of aromatic nitrogens is 1. The molecule has 0 spiro atoms. The van der Waals surface area contributed by atoms with Gasteiger partial charge in [-0.3, -0.25) is 20.4 Å². The van der Waals surface area contributed by atoms with Gasteiger partial charge in [0.05, 0.1) is 17.1 Å². The number of anilines is 2. The summed E-state index contributed by atoms with van der Waals surface area (Å²) >= 11 is 6.03. The summed E-state index contributed by atoms with van der Waals surface area (Å²) < 4.78 is 38.5. The van der Waals surface area contributed by atoms with Crippen LogP contribution in [0.15, 0.2) is 36.5 Å². The first-order valence-corrected chi connectivity index (χ1v) is 11.5. The lowest BCUT2D eigenvalue weighted by Gasteiger charge is -2.33. The minimum atomic E-state index is -4.51. The molecular formula is C23H25ClF3N5O2. The number of piperidine rings is 1. The van der Waals surface area contributed by atoms with Crippen LogP contribution in [-0.2, 0) is 22.2 Å². The predicted octanol–water partition coefficient (Wildman–Crippen LogP) is 3.57. The number of nitrogens with zero attached hydrogens (tertiary/aromatic N) is 3. The van der Waals surface area contributed by atoms with Crippen molar-refractivity contribution in [1.82, 2.24) is 15.8 Å². The lowest BCUT2D eigenvalue weighted by Crippen LogP contribution is -2.50. The monoisotopic (exact) mass is 495 g/mol. The summed E-state index contributed by atoms with van der Waals surface area (Å²) in [5.74, 6) is -0.661. The molecule has 2 aromatic rings. The second kappa shape index (κ2) is 10.1. The van der Waals surface area contributed by atoms with Crippen molar-refractivity contribution in [2.24, 2.45) is 5.92 Å². The van der Waals surface area contributed by atoms with Crippen molar-refractivity contribution in [3.63, 3.8) is 0 Å². The number of pyridine rings is 1. The average Bonchev–Trinajstić information content (AvgIpc) is 2.82. The van der Waals surface area contributed by atoms with Crippen molar-refractivity contribution in [3.05, 3.63) is 52.7 Å². The van der Waals surface area contributed by atoms with E-state index in [0.717, 1.165) is 37.3 Å². The van der Waals surface area contributed by atoms with Crippen molar-refractivity contribution in [1.29, 1.82) is 0 Å². The van der Waals surface area contributed by atoms with Crippen LogP contribution < -0.4 is 20.7 Å². The lowest BCUT2D eigenvalue weighted by atomic mass is 9.96. The predicted molar refractivity (Wildman–Crippen MR) is 122 cm³/mol. The minimum absolute atomic E-state index is 0.0794. The SMILES string of the molecule is O=C(CN1CCCc2ccccc21)NNC(=O)C1CCN(c2ncc(C(F)(F)F)cc2Cl)CC1. The first kappa shape index (κ1) is 24.1. The molecule has 0 radical (unpaired) electrons. The van der Waals surface area contributed by atoms with Crippen LogP contribution in [0.3, 0.4) is 0 Å². The molecule has 2 aliphatic heterocycles. The number of hydrogen-bond donors (Lipinski definition) is 2. The van der Waals surface area contributed by atoms with Crippen LogP contribution in [0, 0.1) is 5.92 Å². The first-order valence-electron chi connectivity index (χ1n) is 11.1. The highest BCUT2D eigenvalue weighted by Crippen LogP contribution is 2.34. The summed E-state index contributed by atoms with van der Waals surface area (Å²) in [7, 11) is 0. The number of nitrogens with one attached hydrogen (secondary N) is 2. The molecule has 2 aliphatic rings. The van der Waals surface area contributed by atoms with Gasteiger partial charge in [0.15, 0.2) is 0 Å². The molecule has 182 valence electrons. The van der Waals surface area contributed by atoms with E-state index in [-0.39, 0.29) is 35.1 Å². The number of para-hydroxylation sites is 1. The van der Waals surface area contributed by atoms with Crippen molar-refractivity contribution in [2.75, 3.05) is 36.0 Å². The molecule has 2 N–H and O–H groups in total. The van der Waals surface area contributed by atoms with Crippen molar-refractivity contribution in [2.45, 2.75) is 31.9 Å². The quantitative estimate of drug-likeness (QED) is 0.634. The fraction of sp³-hybridized carbons (Fsp3) is 0.435. The van der Waals surface area contributed by atoms with Gasteiger partial charge in [0.2, 0.25) is 5.91 Å². The first-order chi connectivity index (χ1) is 16.2. The van der Waals surface area contributed by atoms with Crippen molar-refractivity contribution in [3.8, 4) is 0 Å². The van der Waals surface area contributed by atoms with E-state index in [1.165, 1.54) is 5.56 Å². The Hall–Kier alpha value is -3.01. The summed E-state index contributed by atoms with van der Waals surface area (Å²) in [6.07, 6.45) is -0.886. The maximum absolute atomic E-state index is 12.8. The van der Waals surface area contributed by atoms with Gasteiger partial charge in [-0.2, -0.15) is 13.2 Å². The molecule has 0 saturated carbocycles. The number of halogens is 4. The number of carbonyl (C=O) groups is 2. The Labute approximate surface area is 200 Å². The number of carbonyl (C=O) groups excluding carboxylic acids is 2. The summed E-state index contributed by atoms with van der Waals surface area (Å²) in [5.41, 5.74) is 6.35. The number of amides is 2. The maximum Gasteiger partial charge on any atom is 0.417 e. The van der Waals surface area contributed by atoms with Gasteiger partial charge in [0, 0.05) is 37.4 Å². The van der Waals surface area contributed by atoms with Gasteiger partial charge < -0.3 is 9.80 Å². The summed E-state index contributed by atoms with van der Waals surface area (Å²) in [6.45, 7) is 1.74. The Morgan fingerprint density at radius 2 is 1.85 bits per heavy atom. The summed E-state index contributed by atoms with van der Waals surface area (Å²) in [6, 6.07) is 8.83. The van der Waals surface area contributed by atoms with Gasteiger partial charge in [0.1, 0.15) is 5.82 Å². The molecular weight excluding hydrogens is 471 g/mol. The lowest BCUT2D eigenvalue weighted by molar-refractivity contribution is -0.137. The number of hydrogen-bond acceptors (Lipinski definition) is 5. The fourth-order valence-corrected chi connectivity index (χ4v) is 4.68. The molecule has 1 aromatic heterocycles. The smallest absolute Gasteiger partial charge is 0.362 e. The number of fused-ring (bicyclic) bond motifs is 1. The van der Waals surface area contributed by atoms with Gasteiger partial charge in [0.25, 0.3) is 5.91 Å². The van der Waals surface area contributed by atoms with E-state index in [1.807, 2.05) is 23.1 Å². The highest BCUT2D eigenvalue weighted by molar-refractivity contribution is 6.33. The molecule has 11 heteroatoms. The van der Waals surface area contributed by atoms with Gasteiger partial charge in [-0.25, -0.2) is 4.98 Å². The number of hydrazine groups is 1. The second-order valence-electron chi connectivity index (χ2n) is 8.48. The molecule has 0 atom stereocenters. The number of aryl methyl sites for hydroxylation is 1. The van der Waals surface area contributed by atoms with E-state index in [2.05, 4.69) is 21.9 Å². The number of benzene rings is 1. The van der Waals surface area contributed by atoms with E-state index >= 15 is 0 Å². The van der Waals surface area contributed by atoms with Crippen LogP contribution in [0.4, 0.5) is 24.7 Å². The van der Waals surface area contributed by atoms with E-state index in [9.17, 15) is 22.8 Å². The van der Waals surface area contributed by atoms with Gasteiger partial charge in [-0.1, -0.05) is 29.8 Å². The zero-order chi connectivity index (χ0) is 24.3.